The Hall–Kier alpha value is -2.40. The molecule has 0 unspecified atom stereocenters. The highest BCUT2D eigenvalue weighted by molar-refractivity contribution is 5.76. The van der Waals surface area contributed by atoms with Crippen LogP contribution in [0.2, 0.25) is 0 Å². The maximum atomic E-state index is 11.2. The third-order valence-corrected chi connectivity index (χ3v) is 4.70. The van der Waals surface area contributed by atoms with Gasteiger partial charge in [0.25, 0.3) is 0 Å². The molecular weight excluding hydrogens is 314 g/mol. The molecule has 0 bridgehead atoms. The number of carbonyl (C=O) groups is 1. The lowest BCUT2D eigenvalue weighted by Crippen LogP contribution is -2.40. The Bertz CT molecular complexity index is 665. The van der Waals surface area contributed by atoms with Crippen LogP contribution in [0.5, 0.6) is 5.88 Å². The van der Waals surface area contributed by atoms with Gasteiger partial charge in [-0.05, 0) is 43.5 Å². The Morgan fingerprint density at radius 2 is 1.88 bits per heavy atom. The number of likely N-dealkylation sites (tertiary alicyclic amines) is 1. The molecule has 1 aromatic heterocycles. The number of hydrogen-bond acceptors (Lipinski definition) is 4. The largest absolute Gasteiger partial charge is 0.476 e. The second kappa shape index (κ2) is 8.62. The average molecular weight is 339 g/mol. The van der Waals surface area contributed by atoms with Crippen LogP contribution in [0.4, 0.5) is 0 Å². The Kier molecular flexibility index (Phi) is 6.01. The number of nitrogens with two attached hydrogens (primary N) is 1. The lowest BCUT2D eigenvalue weighted by molar-refractivity contribution is -0.123. The van der Waals surface area contributed by atoms with Gasteiger partial charge in [0.05, 0.1) is 0 Å². The Morgan fingerprint density at radius 1 is 1.12 bits per heavy atom. The zero-order valence-electron chi connectivity index (χ0n) is 14.4. The standard InChI is InChI=1S/C20H25N3O2/c21-20(24)18-8-10-23(11-9-18)12-13-25-19-7-6-17(15-22-19)14-16-4-2-1-3-5-16/h1-7,15,18H,8-14H2,(H2,21,24). The first-order chi connectivity index (χ1) is 12.2. The summed E-state index contributed by atoms with van der Waals surface area (Å²) in [5.41, 5.74) is 7.81. The predicted octanol–water partition coefficient (Wildman–Crippen LogP) is 2.25. The third-order valence-electron chi connectivity index (χ3n) is 4.70. The lowest BCUT2D eigenvalue weighted by Gasteiger charge is -2.30. The molecule has 0 radical (unpaired) electrons. The van der Waals surface area contributed by atoms with Gasteiger partial charge in [0.15, 0.2) is 0 Å². The lowest BCUT2D eigenvalue weighted by atomic mass is 9.96. The number of ether oxygens (including phenoxy) is 1. The van der Waals surface area contributed by atoms with Crippen LogP contribution in [-0.4, -0.2) is 42.0 Å². The fourth-order valence-electron chi connectivity index (χ4n) is 3.15. The number of hydrogen-bond donors (Lipinski definition) is 1. The van der Waals surface area contributed by atoms with E-state index in [1.54, 1.807) is 0 Å². The van der Waals surface area contributed by atoms with E-state index in [0.717, 1.165) is 38.9 Å². The van der Waals surface area contributed by atoms with E-state index in [1.807, 2.05) is 30.5 Å². The second-order valence-corrected chi connectivity index (χ2v) is 6.53. The summed E-state index contributed by atoms with van der Waals surface area (Å²) in [5.74, 6) is 0.524. The van der Waals surface area contributed by atoms with Gasteiger partial charge in [-0.3, -0.25) is 9.69 Å². The molecule has 1 saturated heterocycles. The highest BCUT2D eigenvalue weighted by Crippen LogP contribution is 2.16. The van der Waals surface area contributed by atoms with Gasteiger partial charge in [-0.1, -0.05) is 36.4 Å². The van der Waals surface area contributed by atoms with Gasteiger partial charge in [0.2, 0.25) is 11.8 Å². The Morgan fingerprint density at radius 3 is 2.52 bits per heavy atom. The van der Waals surface area contributed by atoms with E-state index in [9.17, 15) is 4.79 Å². The molecule has 132 valence electrons. The molecule has 2 N–H and O–H groups in total. The van der Waals surface area contributed by atoms with Gasteiger partial charge in [0.1, 0.15) is 6.61 Å². The summed E-state index contributed by atoms with van der Waals surface area (Å²) < 4.78 is 5.74. The quantitative estimate of drug-likeness (QED) is 0.840. The first kappa shape index (κ1) is 17.4. The van der Waals surface area contributed by atoms with Crippen LogP contribution >= 0.6 is 0 Å². The number of primary amides is 1. The topological polar surface area (TPSA) is 68.5 Å². The summed E-state index contributed by atoms with van der Waals surface area (Å²) in [5, 5.41) is 0. The van der Waals surface area contributed by atoms with E-state index < -0.39 is 0 Å². The van der Waals surface area contributed by atoms with E-state index in [-0.39, 0.29) is 11.8 Å². The highest BCUT2D eigenvalue weighted by Gasteiger charge is 2.22. The van der Waals surface area contributed by atoms with E-state index in [4.69, 9.17) is 10.5 Å². The van der Waals surface area contributed by atoms with Crippen LogP contribution in [0.25, 0.3) is 0 Å². The number of rotatable bonds is 7. The molecule has 0 saturated carbocycles. The molecule has 5 nitrogen and oxygen atoms in total. The Balaban J connectivity index is 1.40. The van der Waals surface area contributed by atoms with Gasteiger partial charge in [-0.2, -0.15) is 0 Å². The molecule has 1 fully saturated rings. The summed E-state index contributed by atoms with van der Waals surface area (Å²) in [4.78, 5) is 17.9. The number of carbonyl (C=O) groups excluding carboxylic acids is 1. The second-order valence-electron chi connectivity index (χ2n) is 6.53. The minimum Gasteiger partial charge on any atom is -0.476 e. The molecule has 0 spiro atoms. The number of pyridine rings is 1. The third kappa shape index (κ3) is 5.29. The molecule has 2 heterocycles. The Labute approximate surface area is 148 Å². The van der Waals surface area contributed by atoms with E-state index in [2.05, 4.69) is 28.1 Å². The zero-order valence-corrected chi connectivity index (χ0v) is 14.4. The molecule has 1 aliphatic heterocycles. The van der Waals surface area contributed by atoms with Gasteiger partial charge in [0, 0.05) is 24.7 Å². The van der Waals surface area contributed by atoms with Crippen LogP contribution in [0, 0.1) is 5.92 Å². The number of amides is 1. The fraction of sp³-hybridized carbons (Fsp3) is 0.400. The van der Waals surface area contributed by atoms with E-state index >= 15 is 0 Å². The molecule has 0 atom stereocenters. The molecule has 1 amide bonds. The molecule has 25 heavy (non-hydrogen) atoms. The van der Waals surface area contributed by atoms with Gasteiger partial charge in [-0.15, -0.1) is 0 Å². The van der Waals surface area contributed by atoms with Crippen molar-refractivity contribution in [3.05, 3.63) is 59.8 Å². The zero-order chi connectivity index (χ0) is 17.5. The number of benzene rings is 1. The first-order valence-electron chi connectivity index (χ1n) is 8.84. The monoisotopic (exact) mass is 339 g/mol. The van der Waals surface area contributed by atoms with Crippen molar-refractivity contribution < 1.29 is 9.53 Å². The SMILES string of the molecule is NC(=O)C1CCN(CCOc2ccc(Cc3ccccc3)cn2)CC1. The molecule has 2 aromatic rings. The van der Waals surface area contributed by atoms with Crippen LogP contribution in [0.3, 0.4) is 0 Å². The van der Waals surface area contributed by atoms with Crippen LogP contribution in [0.1, 0.15) is 24.0 Å². The summed E-state index contributed by atoms with van der Waals surface area (Å²) >= 11 is 0. The number of piperidine rings is 1. The van der Waals surface area contributed by atoms with Crippen molar-refractivity contribution in [2.24, 2.45) is 11.7 Å². The summed E-state index contributed by atoms with van der Waals surface area (Å²) in [6.45, 7) is 3.26. The smallest absolute Gasteiger partial charge is 0.220 e. The normalized spacial score (nSPS) is 15.8. The first-order valence-corrected chi connectivity index (χ1v) is 8.84. The van der Waals surface area contributed by atoms with Crippen LogP contribution in [-0.2, 0) is 11.2 Å². The molecule has 1 aliphatic rings. The van der Waals surface area contributed by atoms with Crippen molar-refractivity contribution in [1.29, 1.82) is 0 Å². The van der Waals surface area contributed by atoms with Gasteiger partial charge >= 0.3 is 0 Å². The fourth-order valence-corrected chi connectivity index (χ4v) is 3.15. The summed E-state index contributed by atoms with van der Waals surface area (Å²) in [6.07, 6.45) is 4.45. The van der Waals surface area contributed by atoms with Crippen molar-refractivity contribution in [2.45, 2.75) is 19.3 Å². The van der Waals surface area contributed by atoms with Crippen molar-refractivity contribution >= 4 is 5.91 Å². The van der Waals surface area contributed by atoms with E-state index in [1.165, 1.54) is 11.1 Å². The maximum Gasteiger partial charge on any atom is 0.220 e. The molecule has 0 aliphatic carbocycles. The van der Waals surface area contributed by atoms with E-state index in [0.29, 0.717) is 12.5 Å². The number of nitrogens with zero attached hydrogens (tertiary/aromatic N) is 2. The van der Waals surface area contributed by atoms with Crippen LogP contribution in [0.15, 0.2) is 48.7 Å². The summed E-state index contributed by atoms with van der Waals surface area (Å²) in [6, 6.07) is 14.3. The summed E-state index contributed by atoms with van der Waals surface area (Å²) in [7, 11) is 0. The van der Waals surface area contributed by atoms with Gasteiger partial charge in [-0.25, -0.2) is 4.98 Å². The molecule has 1 aromatic carbocycles. The van der Waals surface area contributed by atoms with Gasteiger partial charge < -0.3 is 10.5 Å². The van der Waals surface area contributed by atoms with Crippen molar-refractivity contribution in [2.75, 3.05) is 26.2 Å². The van der Waals surface area contributed by atoms with Crippen molar-refractivity contribution in [1.82, 2.24) is 9.88 Å². The van der Waals surface area contributed by atoms with Crippen molar-refractivity contribution in [3.8, 4) is 5.88 Å². The van der Waals surface area contributed by atoms with Crippen molar-refractivity contribution in [3.63, 3.8) is 0 Å². The average Bonchev–Trinajstić information content (AvgIpc) is 2.64. The maximum absolute atomic E-state index is 11.2. The molecule has 5 heteroatoms. The minimum atomic E-state index is -0.171. The highest BCUT2D eigenvalue weighted by atomic mass is 16.5. The van der Waals surface area contributed by atoms with Crippen LogP contribution < -0.4 is 10.5 Å². The number of aromatic nitrogens is 1. The molecule has 3 rings (SSSR count). The minimum absolute atomic E-state index is 0.0380. The predicted molar refractivity (Wildman–Crippen MR) is 97.3 cm³/mol. The molecular formula is C20H25N3O2.